The SMILES string of the molecule is [CH2]C1(C)COC(C)(C)OC1. The van der Waals surface area contributed by atoms with Crippen molar-refractivity contribution in [2.45, 2.75) is 26.6 Å². The second kappa shape index (κ2) is 2.21. The van der Waals surface area contributed by atoms with Crippen molar-refractivity contribution >= 4 is 0 Å². The molecule has 1 aliphatic heterocycles. The standard InChI is InChI=1S/C8H15O2/c1-7(2)5-9-8(3,4)10-6-7/h1,5-6H2,2-4H3. The van der Waals surface area contributed by atoms with Crippen LogP contribution in [0.5, 0.6) is 0 Å². The fourth-order valence-corrected chi connectivity index (χ4v) is 0.779. The Labute approximate surface area is 62.5 Å². The maximum absolute atomic E-state index is 5.40. The van der Waals surface area contributed by atoms with Crippen LogP contribution >= 0.6 is 0 Å². The molecule has 1 saturated heterocycles. The van der Waals surface area contributed by atoms with Gasteiger partial charge in [0.25, 0.3) is 0 Å². The van der Waals surface area contributed by atoms with Gasteiger partial charge in [-0.05, 0) is 20.8 Å². The van der Waals surface area contributed by atoms with E-state index in [0.717, 1.165) is 0 Å². The van der Waals surface area contributed by atoms with Gasteiger partial charge in [0.1, 0.15) is 0 Å². The molecule has 0 aromatic carbocycles. The van der Waals surface area contributed by atoms with Crippen molar-refractivity contribution in [2.24, 2.45) is 5.41 Å². The third-order valence-electron chi connectivity index (χ3n) is 1.54. The average Bonchev–Trinajstić information content (AvgIpc) is 1.79. The van der Waals surface area contributed by atoms with Gasteiger partial charge in [-0.15, -0.1) is 0 Å². The van der Waals surface area contributed by atoms with Crippen LogP contribution in [-0.4, -0.2) is 19.0 Å². The summed E-state index contributed by atoms with van der Waals surface area (Å²) in [6, 6.07) is 0. The van der Waals surface area contributed by atoms with E-state index >= 15 is 0 Å². The predicted molar refractivity (Wildman–Crippen MR) is 39.4 cm³/mol. The summed E-state index contributed by atoms with van der Waals surface area (Å²) in [7, 11) is 0. The van der Waals surface area contributed by atoms with Crippen molar-refractivity contribution in [2.75, 3.05) is 13.2 Å². The number of rotatable bonds is 0. The Kier molecular flexibility index (Phi) is 1.77. The quantitative estimate of drug-likeness (QED) is 0.513. The zero-order valence-electron chi connectivity index (χ0n) is 6.94. The van der Waals surface area contributed by atoms with Gasteiger partial charge in [0, 0.05) is 5.41 Å². The van der Waals surface area contributed by atoms with Crippen molar-refractivity contribution in [3.05, 3.63) is 6.92 Å². The van der Waals surface area contributed by atoms with Crippen molar-refractivity contribution in [3.8, 4) is 0 Å². The van der Waals surface area contributed by atoms with Crippen molar-refractivity contribution in [1.82, 2.24) is 0 Å². The van der Waals surface area contributed by atoms with Gasteiger partial charge in [0.2, 0.25) is 0 Å². The summed E-state index contributed by atoms with van der Waals surface area (Å²) in [5, 5.41) is 0. The van der Waals surface area contributed by atoms with Crippen LogP contribution in [0.4, 0.5) is 0 Å². The van der Waals surface area contributed by atoms with Gasteiger partial charge in [-0.25, -0.2) is 0 Å². The van der Waals surface area contributed by atoms with E-state index in [1.807, 2.05) is 20.8 Å². The van der Waals surface area contributed by atoms with Gasteiger partial charge < -0.3 is 9.47 Å². The monoisotopic (exact) mass is 143 g/mol. The number of hydrogen-bond acceptors (Lipinski definition) is 2. The topological polar surface area (TPSA) is 18.5 Å². The molecule has 1 fully saturated rings. The highest BCUT2D eigenvalue weighted by molar-refractivity contribution is 4.80. The molecule has 0 aromatic rings. The molecule has 0 saturated carbocycles. The van der Waals surface area contributed by atoms with E-state index in [9.17, 15) is 0 Å². The summed E-state index contributed by atoms with van der Waals surface area (Å²) in [5.74, 6) is -0.406. The Hall–Kier alpha value is -0.0800. The molecule has 0 aromatic heterocycles. The fraction of sp³-hybridized carbons (Fsp3) is 0.875. The summed E-state index contributed by atoms with van der Waals surface area (Å²) >= 11 is 0. The minimum atomic E-state index is -0.406. The molecule has 1 heterocycles. The molecule has 0 aliphatic carbocycles. The Bertz CT molecular complexity index is 99.2. The molecule has 1 radical (unpaired) electrons. The Balaban J connectivity index is 2.46. The molecule has 10 heavy (non-hydrogen) atoms. The molecule has 2 heteroatoms. The molecule has 0 unspecified atom stereocenters. The molecule has 0 bridgehead atoms. The summed E-state index contributed by atoms with van der Waals surface area (Å²) < 4.78 is 10.8. The van der Waals surface area contributed by atoms with Crippen LogP contribution in [0.3, 0.4) is 0 Å². The second-order valence-electron chi connectivity index (χ2n) is 3.79. The third-order valence-corrected chi connectivity index (χ3v) is 1.54. The van der Waals surface area contributed by atoms with Gasteiger partial charge in [0.15, 0.2) is 5.79 Å². The predicted octanol–water partition coefficient (Wildman–Crippen LogP) is 1.61. The van der Waals surface area contributed by atoms with E-state index in [2.05, 4.69) is 6.92 Å². The van der Waals surface area contributed by atoms with E-state index in [1.54, 1.807) is 0 Å². The highest BCUT2D eigenvalue weighted by Crippen LogP contribution is 2.27. The van der Waals surface area contributed by atoms with Gasteiger partial charge in [-0.2, -0.15) is 0 Å². The minimum absolute atomic E-state index is 0.0600. The first-order valence-electron chi connectivity index (χ1n) is 3.55. The zero-order chi connectivity index (χ0) is 7.83. The second-order valence-corrected chi connectivity index (χ2v) is 3.79. The summed E-state index contributed by atoms with van der Waals surface area (Å²) in [4.78, 5) is 0. The molecular formula is C8H15O2. The van der Waals surface area contributed by atoms with E-state index in [0.29, 0.717) is 13.2 Å². The van der Waals surface area contributed by atoms with E-state index in [-0.39, 0.29) is 5.41 Å². The number of hydrogen-bond donors (Lipinski definition) is 0. The smallest absolute Gasteiger partial charge is 0.162 e. The Morgan fingerprint density at radius 2 is 1.50 bits per heavy atom. The lowest BCUT2D eigenvalue weighted by Gasteiger charge is -2.39. The van der Waals surface area contributed by atoms with Crippen LogP contribution in [0, 0.1) is 12.3 Å². The first-order valence-corrected chi connectivity index (χ1v) is 3.55. The lowest BCUT2D eigenvalue weighted by molar-refractivity contribution is -0.274. The molecule has 0 atom stereocenters. The minimum Gasteiger partial charge on any atom is -0.350 e. The van der Waals surface area contributed by atoms with Gasteiger partial charge in [-0.3, -0.25) is 0 Å². The lowest BCUT2D eigenvalue weighted by Crippen LogP contribution is -2.43. The van der Waals surface area contributed by atoms with Crippen molar-refractivity contribution in [1.29, 1.82) is 0 Å². The van der Waals surface area contributed by atoms with Crippen LogP contribution in [0.15, 0.2) is 0 Å². The number of ether oxygens (including phenoxy) is 2. The largest absolute Gasteiger partial charge is 0.350 e. The van der Waals surface area contributed by atoms with Crippen molar-refractivity contribution < 1.29 is 9.47 Å². The lowest BCUT2D eigenvalue weighted by atomic mass is 9.95. The van der Waals surface area contributed by atoms with Crippen LogP contribution in [-0.2, 0) is 9.47 Å². The average molecular weight is 143 g/mol. The van der Waals surface area contributed by atoms with Crippen LogP contribution in [0.2, 0.25) is 0 Å². The molecule has 2 nitrogen and oxygen atoms in total. The zero-order valence-corrected chi connectivity index (χ0v) is 6.94. The summed E-state index contributed by atoms with van der Waals surface area (Å²) in [5.41, 5.74) is -0.0600. The van der Waals surface area contributed by atoms with Crippen molar-refractivity contribution in [3.63, 3.8) is 0 Å². The Morgan fingerprint density at radius 1 is 1.10 bits per heavy atom. The Morgan fingerprint density at radius 3 is 1.80 bits per heavy atom. The van der Waals surface area contributed by atoms with E-state index < -0.39 is 5.79 Å². The molecule has 1 rings (SSSR count). The first kappa shape index (κ1) is 8.02. The highest BCUT2D eigenvalue weighted by atomic mass is 16.7. The molecule has 0 amide bonds. The molecule has 59 valence electrons. The third kappa shape index (κ3) is 1.96. The highest BCUT2D eigenvalue weighted by Gasteiger charge is 2.32. The summed E-state index contributed by atoms with van der Waals surface area (Å²) in [6.07, 6.45) is 0. The summed E-state index contributed by atoms with van der Waals surface area (Å²) in [6.45, 7) is 11.2. The molecular weight excluding hydrogens is 128 g/mol. The van der Waals surface area contributed by atoms with E-state index in [1.165, 1.54) is 0 Å². The maximum atomic E-state index is 5.40. The van der Waals surface area contributed by atoms with Gasteiger partial charge in [0.05, 0.1) is 13.2 Å². The molecule has 0 spiro atoms. The molecule has 1 aliphatic rings. The molecule has 0 N–H and O–H groups in total. The van der Waals surface area contributed by atoms with Crippen LogP contribution in [0.25, 0.3) is 0 Å². The normalized spacial score (nSPS) is 30.0. The van der Waals surface area contributed by atoms with Crippen LogP contribution < -0.4 is 0 Å². The maximum Gasteiger partial charge on any atom is 0.162 e. The van der Waals surface area contributed by atoms with Crippen LogP contribution in [0.1, 0.15) is 20.8 Å². The van der Waals surface area contributed by atoms with Gasteiger partial charge in [-0.1, -0.05) is 6.92 Å². The first-order chi connectivity index (χ1) is 4.41. The van der Waals surface area contributed by atoms with Gasteiger partial charge >= 0.3 is 0 Å². The van der Waals surface area contributed by atoms with E-state index in [4.69, 9.17) is 9.47 Å². The fourth-order valence-electron chi connectivity index (χ4n) is 0.779.